The minimum atomic E-state index is 0.0267. The molecule has 116 valence electrons. The lowest BCUT2D eigenvalue weighted by molar-refractivity contribution is -0.123. The molecule has 1 saturated carbocycles. The minimum absolute atomic E-state index is 0.0267. The van der Waals surface area contributed by atoms with Crippen molar-refractivity contribution in [3.8, 4) is 0 Å². The van der Waals surface area contributed by atoms with E-state index in [1.807, 2.05) is 37.3 Å². The second kappa shape index (κ2) is 8.15. The van der Waals surface area contributed by atoms with Crippen molar-refractivity contribution >= 4 is 5.91 Å². The highest BCUT2D eigenvalue weighted by Crippen LogP contribution is 2.26. The molecule has 1 aromatic carbocycles. The van der Waals surface area contributed by atoms with Crippen LogP contribution in [0.3, 0.4) is 0 Å². The van der Waals surface area contributed by atoms with Crippen LogP contribution in [-0.2, 0) is 16.1 Å². The van der Waals surface area contributed by atoms with Gasteiger partial charge in [-0.3, -0.25) is 4.79 Å². The number of nitrogens with two attached hydrogens (primary N) is 1. The zero-order valence-corrected chi connectivity index (χ0v) is 12.8. The number of hydrogen-bond donors (Lipinski definition) is 2. The second-order valence-electron chi connectivity index (χ2n) is 6.03. The molecule has 1 fully saturated rings. The molecule has 1 unspecified atom stereocenters. The molecule has 3 atom stereocenters. The molecule has 0 spiro atoms. The highest BCUT2D eigenvalue weighted by molar-refractivity contribution is 5.76. The Balaban J connectivity index is 1.62. The molecule has 3 N–H and O–H groups in total. The molecular weight excluding hydrogens is 264 g/mol. The third kappa shape index (κ3) is 5.48. The van der Waals surface area contributed by atoms with Crippen LogP contribution in [0, 0.1) is 5.92 Å². The van der Waals surface area contributed by atoms with E-state index in [9.17, 15) is 4.79 Å². The summed E-state index contributed by atoms with van der Waals surface area (Å²) >= 11 is 0. The first-order valence-electron chi connectivity index (χ1n) is 7.81. The molecule has 1 aromatic rings. The van der Waals surface area contributed by atoms with Crippen LogP contribution in [0.4, 0.5) is 0 Å². The van der Waals surface area contributed by atoms with Crippen molar-refractivity contribution < 1.29 is 9.53 Å². The number of rotatable bonds is 7. The fraction of sp³-hybridized carbons (Fsp3) is 0.588. The fourth-order valence-corrected chi connectivity index (χ4v) is 2.86. The van der Waals surface area contributed by atoms with Crippen molar-refractivity contribution in [3.05, 3.63) is 35.9 Å². The van der Waals surface area contributed by atoms with Gasteiger partial charge in [0.15, 0.2) is 0 Å². The first-order valence-corrected chi connectivity index (χ1v) is 7.81. The van der Waals surface area contributed by atoms with Gasteiger partial charge < -0.3 is 15.8 Å². The Morgan fingerprint density at radius 1 is 1.38 bits per heavy atom. The van der Waals surface area contributed by atoms with Crippen LogP contribution in [0.25, 0.3) is 0 Å². The number of amides is 1. The van der Waals surface area contributed by atoms with Crippen LogP contribution >= 0.6 is 0 Å². The molecule has 1 amide bonds. The second-order valence-corrected chi connectivity index (χ2v) is 6.03. The average Bonchev–Trinajstić information content (AvgIpc) is 2.85. The van der Waals surface area contributed by atoms with Crippen LogP contribution in [0.2, 0.25) is 0 Å². The summed E-state index contributed by atoms with van der Waals surface area (Å²) in [6, 6.07) is 10.3. The minimum Gasteiger partial charge on any atom is -0.375 e. The highest BCUT2D eigenvalue weighted by Gasteiger charge is 2.26. The third-order valence-electron chi connectivity index (χ3n) is 4.05. The molecule has 0 aromatic heterocycles. The van der Waals surface area contributed by atoms with E-state index in [1.54, 1.807) is 0 Å². The Bertz CT molecular complexity index is 436. The van der Waals surface area contributed by atoms with Gasteiger partial charge in [0.2, 0.25) is 5.91 Å². The molecule has 4 nitrogen and oxygen atoms in total. The van der Waals surface area contributed by atoms with E-state index in [2.05, 4.69) is 5.32 Å². The number of nitrogens with one attached hydrogen (secondary N) is 1. The third-order valence-corrected chi connectivity index (χ3v) is 4.05. The Labute approximate surface area is 127 Å². The Morgan fingerprint density at radius 3 is 2.81 bits per heavy atom. The molecule has 4 heteroatoms. The maximum absolute atomic E-state index is 12.0. The maximum Gasteiger partial charge on any atom is 0.220 e. The largest absolute Gasteiger partial charge is 0.375 e. The zero-order chi connectivity index (χ0) is 15.1. The van der Waals surface area contributed by atoms with Gasteiger partial charge in [-0.2, -0.15) is 0 Å². The zero-order valence-electron chi connectivity index (χ0n) is 12.8. The van der Waals surface area contributed by atoms with Crippen molar-refractivity contribution in [1.82, 2.24) is 5.32 Å². The van der Waals surface area contributed by atoms with Crippen molar-refractivity contribution in [2.75, 3.05) is 6.61 Å². The van der Waals surface area contributed by atoms with Crippen LogP contribution in [0.15, 0.2) is 30.3 Å². The van der Waals surface area contributed by atoms with E-state index >= 15 is 0 Å². The molecule has 0 saturated heterocycles. The van der Waals surface area contributed by atoms with Crippen molar-refractivity contribution in [3.63, 3.8) is 0 Å². The molecule has 2 rings (SSSR count). The maximum atomic E-state index is 12.0. The van der Waals surface area contributed by atoms with Gasteiger partial charge in [-0.15, -0.1) is 0 Å². The lowest BCUT2D eigenvalue weighted by atomic mass is 10.00. The van der Waals surface area contributed by atoms with Crippen LogP contribution in [0.1, 0.15) is 38.2 Å². The van der Waals surface area contributed by atoms with Gasteiger partial charge in [-0.1, -0.05) is 36.8 Å². The smallest absolute Gasteiger partial charge is 0.220 e. The van der Waals surface area contributed by atoms with Crippen LogP contribution in [0.5, 0.6) is 0 Å². The summed E-state index contributed by atoms with van der Waals surface area (Å²) in [5, 5.41) is 2.99. The monoisotopic (exact) mass is 290 g/mol. The van der Waals surface area contributed by atoms with E-state index in [0.29, 0.717) is 25.6 Å². The summed E-state index contributed by atoms with van der Waals surface area (Å²) in [4.78, 5) is 12.0. The molecule has 0 radical (unpaired) electrons. The number of carbonyl (C=O) groups excluding carboxylic acids is 1. The lowest BCUT2D eigenvalue weighted by Gasteiger charge is -2.18. The van der Waals surface area contributed by atoms with Gasteiger partial charge in [0.05, 0.1) is 13.2 Å². The van der Waals surface area contributed by atoms with Crippen molar-refractivity contribution in [2.24, 2.45) is 11.7 Å². The molecule has 21 heavy (non-hydrogen) atoms. The standard InChI is InChI=1S/C17H26N2O2/c1-13(11-21-12-14-6-3-2-4-7-14)19-17(20)10-15-8-5-9-16(15)18/h2-4,6-7,13,15-16H,5,8-12,18H2,1H3,(H,19,20)/t13?,15-,16+/m0/s1. The molecule has 1 aliphatic rings. The van der Waals surface area contributed by atoms with Gasteiger partial charge in [-0.25, -0.2) is 0 Å². The van der Waals surface area contributed by atoms with Crippen molar-refractivity contribution in [2.45, 2.75) is 51.3 Å². The van der Waals surface area contributed by atoms with E-state index < -0.39 is 0 Å². The first kappa shape index (κ1) is 16.0. The topological polar surface area (TPSA) is 64.3 Å². The van der Waals surface area contributed by atoms with E-state index in [-0.39, 0.29) is 18.0 Å². The number of ether oxygens (including phenoxy) is 1. The van der Waals surface area contributed by atoms with Crippen LogP contribution in [-0.4, -0.2) is 24.6 Å². The number of benzene rings is 1. The first-order chi connectivity index (χ1) is 10.1. The highest BCUT2D eigenvalue weighted by atomic mass is 16.5. The van der Waals surface area contributed by atoms with E-state index in [4.69, 9.17) is 10.5 Å². The SMILES string of the molecule is CC(COCc1ccccc1)NC(=O)C[C@@H]1CCC[C@H]1N. The Kier molecular flexibility index (Phi) is 6.21. The van der Waals surface area contributed by atoms with Gasteiger partial charge >= 0.3 is 0 Å². The lowest BCUT2D eigenvalue weighted by Crippen LogP contribution is -2.38. The predicted molar refractivity (Wildman–Crippen MR) is 83.6 cm³/mol. The van der Waals surface area contributed by atoms with E-state index in [1.165, 1.54) is 0 Å². The van der Waals surface area contributed by atoms with E-state index in [0.717, 1.165) is 24.8 Å². The Morgan fingerprint density at radius 2 is 2.14 bits per heavy atom. The molecule has 0 bridgehead atoms. The number of carbonyl (C=O) groups is 1. The summed E-state index contributed by atoms with van der Waals surface area (Å²) < 4.78 is 5.63. The molecular formula is C17H26N2O2. The summed E-state index contributed by atoms with van der Waals surface area (Å²) in [5.41, 5.74) is 7.14. The summed E-state index contributed by atoms with van der Waals surface area (Å²) in [7, 11) is 0. The summed E-state index contributed by atoms with van der Waals surface area (Å²) in [6.07, 6.45) is 3.82. The summed E-state index contributed by atoms with van der Waals surface area (Å²) in [5.74, 6) is 0.440. The quantitative estimate of drug-likeness (QED) is 0.809. The van der Waals surface area contributed by atoms with Gasteiger partial charge in [0.1, 0.15) is 0 Å². The van der Waals surface area contributed by atoms with Gasteiger partial charge in [0, 0.05) is 18.5 Å². The number of hydrogen-bond acceptors (Lipinski definition) is 3. The summed E-state index contributed by atoms with van der Waals surface area (Å²) in [6.45, 7) is 3.07. The normalized spacial score (nSPS) is 23.0. The molecule has 0 heterocycles. The van der Waals surface area contributed by atoms with Crippen LogP contribution < -0.4 is 11.1 Å². The Hall–Kier alpha value is -1.39. The predicted octanol–water partition coefficient (Wildman–Crippen LogP) is 2.23. The fourth-order valence-electron chi connectivity index (χ4n) is 2.86. The van der Waals surface area contributed by atoms with Gasteiger partial charge in [0.25, 0.3) is 0 Å². The molecule has 1 aliphatic carbocycles. The molecule has 0 aliphatic heterocycles. The van der Waals surface area contributed by atoms with Crippen molar-refractivity contribution in [1.29, 1.82) is 0 Å². The van der Waals surface area contributed by atoms with Gasteiger partial charge in [-0.05, 0) is 31.2 Å². The average molecular weight is 290 g/mol.